The number of halogens is 7. The lowest BCUT2D eigenvalue weighted by Gasteiger charge is -2.10. The van der Waals surface area contributed by atoms with E-state index in [4.69, 9.17) is 17.3 Å². The van der Waals surface area contributed by atoms with Crippen LogP contribution in [0.4, 0.5) is 32.0 Å². The Labute approximate surface area is 221 Å². The Morgan fingerprint density at radius 3 is 2.21 bits per heavy atom. The Balaban J connectivity index is 0.000000293. The van der Waals surface area contributed by atoms with Crippen molar-refractivity contribution in [1.82, 2.24) is 24.7 Å². The van der Waals surface area contributed by atoms with Crippen molar-refractivity contribution in [3.05, 3.63) is 79.8 Å². The summed E-state index contributed by atoms with van der Waals surface area (Å²) in [6.45, 7) is 2.72. The molecule has 8 nitrogen and oxygen atoms in total. The average molecular weight is 575 g/mol. The largest absolute Gasteiger partial charge is 0.423 e. The molecule has 208 valence electrons. The number of nitrogens with zero attached hydrogens (tertiary/aromatic N) is 4. The van der Waals surface area contributed by atoms with Crippen LogP contribution in [0.3, 0.4) is 0 Å². The highest BCUT2D eigenvalue weighted by molar-refractivity contribution is 6.34. The zero-order valence-corrected chi connectivity index (χ0v) is 21.0. The smallest absolute Gasteiger partial charge is 0.397 e. The van der Waals surface area contributed by atoms with Gasteiger partial charge in [-0.1, -0.05) is 31.4 Å². The van der Waals surface area contributed by atoms with Gasteiger partial charge >= 0.3 is 12.4 Å². The fourth-order valence-electron chi connectivity index (χ4n) is 3.50. The van der Waals surface area contributed by atoms with Crippen LogP contribution in [0.1, 0.15) is 37.3 Å². The number of fused-ring (bicyclic) bond motifs is 1. The first-order valence-electron chi connectivity index (χ1n) is 11.4. The maximum Gasteiger partial charge on any atom is 0.423 e. The number of H-pyrrole nitrogens is 1. The van der Waals surface area contributed by atoms with Crippen molar-refractivity contribution in [2.24, 2.45) is 0 Å². The number of hydrogen-bond acceptors (Lipinski definition) is 6. The van der Waals surface area contributed by atoms with E-state index in [1.807, 2.05) is 0 Å². The number of rotatable bonds is 5. The molecule has 15 heteroatoms. The Morgan fingerprint density at radius 1 is 1.00 bits per heavy atom. The average Bonchev–Trinajstić information content (AvgIpc) is 2.85. The van der Waals surface area contributed by atoms with Gasteiger partial charge in [-0.15, -0.1) is 0 Å². The summed E-state index contributed by atoms with van der Waals surface area (Å²) >= 11 is 6.27. The van der Waals surface area contributed by atoms with E-state index in [1.165, 1.54) is 6.07 Å². The molecule has 0 saturated carbocycles. The molecule has 0 unspecified atom stereocenters. The quantitative estimate of drug-likeness (QED) is 0.233. The third-order valence-electron chi connectivity index (χ3n) is 5.46. The maximum absolute atomic E-state index is 12.7. The normalized spacial score (nSPS) is 11.8. The summed E-state index contributed by atoms with van der Waals surface area (Å²) in [6, 6.07) is 4.93. The first-order valence-corrected chi connectivity index (χ1v) is 11.7. The van der Waals surface area contributed by atoms with Crippen LogP contribution in [0.25, 0.3) is 22.2 Å². The number of benzene rings is 1. The highest BCUT2D eigenvalue weighted by atomic mass is 35.5. The van der Waals surface area contributed by atoms with Crippen molar-refractivity contribution >= 4 is 28.1 Å². The van der Waals surface area contributed by atoms with Crippen molar-refractivity contribution in [3.63, 3.8) is 0 Å². The first kappa shape index (κ1) is 29.6. The van der Waals surface area contributed by atoms with Crippen LogP contribution in [0.15, 0.2) is 52.6 Å². The van der Waals surface area contributed by atoms with Gasteiger partial charge in [-0.3, -0.25) is 9.59 Å². The van der Waals surface area contributed by atoms with Gasteiger partial charge in [0.1, 0.15) is 5.56 Å². The summed E-state index contributed by atoms with van der Waals surface area (Å²) in [5.74, 6) is 0.0713. The zero-order valence-electron chi connectivity index (χ0n) is 20.2. The summed E-state index contributed by atoms with van der Waals surface area (Å²) in [5.41, 5.74) is 0.790. The van der Waals surface area contributed by atoms with Crippen molar-refractivity contribution in [2.45, 2.75) is 45.1 Å². The van der Waals surface area contributed by atoms with Crippen molar-refractivity contribution in [1.29, 1.82) is 0 Å². The van der Waals surface area contributed by atoms with Crippen LogP contribution in [0, 0.1) is 0 Å². The number of aromatic amines is 1. The molecule has 3 aromatic heterocycles. The minimum atomic E-state index is -4.74. The Bertz CT molecular complexity index is 1570. The third-order valence-corrected chi connectivity index (χ3v) is 5.77. The molecule has 0 spiro atoms. The number of pyridine rings is 1. The molecule has 3 N–H and O–H groups in total. The van der Waals surface area contributed by atoms with Crippen LogP contribution >= 0.6 is 11.6 Å². The van der Waals surface area contributed by atoms with Crippen LogP contribution < -0.4 is 16.9 Å². The molecule has 0 amide bonds. The van der Waals surface area contributed by atoms with Gasteiger partial charge < -0.3 is 10.3 Å². The summed E-state index contributed by atoms with van der Waals surface area (Å²) in [4.78, 5) is 30.7. The minimum absolute atomic E-state index is 0.0713. The number of aryl methyl sites for hydroxylation is 1. The molecule has 0 aliphatic rings. The highest BCUT2D eigenvalue weighted by Crippen LogP contribution is 2.32. The Morgan fingerprint density at radius 2 is 1.67 bits per heavy atom. The van der Waals surface area contributed by atoms with Crippen LogP contribution in [0.2, 0.25) is 5.02 Å². The molecule has 39 heavy (non-hydrogen) atoms. The second kappa shape index (κ2) is 11.8. The molecule has 4 rings (SSSR count). The number of unbranched alkanes of at least 4 members (excludes halogenated alkanes) is 2. The van der Waals surface area contributed by atoms with Crippen LogP contribution in [-0.4, -0.2) is 24.7 Å². The Kier molecular flexibility index (Phi) is 8.99. The molecular weight excluding hydrogens is 554 g/mol. The van der Waals surface area contributed by atoms with E-state index in [2.05, 4.69) is 22.0 Å². The molecular formula is C24H21ClF6N6O2. The van der Waals surface area contributed by atoms with E-state index >= 15 is 0 Å². The summed E-state index contributed by atoms with van der Waals surface area (Å²) in [7, 11) is 0. The van der Waals surface area contributed by atoms with E-state index in [1.54, 1.807) is 28.0 Å². The molecule has 1 aromatic carbocycles. The summed E-state index contributed by atoms with van der Waals surface area (Å²) in [5, 5.41) is 6.04. The first-order chi connectivity index (χ1) is 18.2. The standard InChI is InChI=1S/C19H17ClF3N3O.C5H4F3N3O/c1-2-3-4-6-26-7-5-12-8-15(16(20)9-14(12)18(26)27)17-24-10-13(11-25-17)19(21,22)23;6-5(7,8)3-2(9)1-10-11-4(3)12/h5,7-11H,2-4,6H2,1H3;1H,(H3,9,11,12). The van der Waals surface area contributed by atoms with E-state index in [0.29, 0.717) is 35.3 Å². The van der Waals surface area contributed by atoms with Gasteiger partial charge in [-0.2, -0.15) is 31.4 Å². The highest BCUT2D eigenvalue weighted by Gasteiger charge is 2.36. The number of aromatic nitrogens is 5. The van der Waals surface area contributed by atoms with Gasteiger partial charge in [0, 0.05) is 36.1 Å². The lowest BCUT2D eigenvalue weighted by atomic mass is 10.1. The number of anilines is 1. The van der Waals surface area contributed by atoms with Gasteiger partial charge in [-0.05, 0) is 30.0 Å². The van der Waals surface area contributed by atoms with Crippen LogP contribution in [-0.2, 0) is 18.9 Å². The fraction of sp³-hybridized carbons (Fsp3) is 0.292. The Hall–Kier alpha value is -3.94. The molecule has 0 fully saturated rings. The summed E-state index contributed by atoms with van der Waals surface area (Å²) < 4.78 is 75.6. The fourth-order valence-corrected chi connectivity index (χ4v) is 3.75. The maximum atomic E-state index is 12.7. The number of nitrogen functional groups attached to an aromatic ring is 1. The molecule has 0 bridgehead atoms. The molecule has 0 saturated heterocycles. The van der Waals surface area contributed by atoms with E-state index in [0.717, 1.165) is 25.5 Å². The minimum Gasteiger partial charge on any atom is -0.397 e. The van der Waals surface area contributed by atoms with E-state index < -0.39 is 34.7 Å². The number of alkyl halides is 6. The molecule has 3 heterocycles. The molecule has 0 aliphatic carbocycles. The van der Waals surface area contributed by atoms with Crippen molar-refractivity contribution in [3.8, 4) is 11.4 Å². The SMILES string of the molecule is CCCCCn1ccc2cc(-c3ncc(C(F)(F)F)cn3)c(Cl)cc2c1=O.Nc1cn[nH]c(=O)c1C(F)(F)F. The second-order valence-electron chi connectivity index (χ2n) is 8.26. The van der Waals surface area contributed by atoms with Crippen molar-refractivity contribution in [2.75, 3.05) is 5.73 Å². The molecule has 0 radical (unpaired) electrons. The third kappa shape index (κ3) is 7.13. The summed E-state index contributed by atoms with van der Waals surface area (Å²) in [6.07, 6.45) is -2.35. The second-order valence-corrected chi connectivity index (χ2v) is 8.67. The molecule has 4 aromatic rings. The molecule has 0 atom stereocenters. The van der Waals surface area contributed by atoms with E-state index in [-0.39, 0.29) is 16.4 Å². The number of nitrogens with two attached hydrogens (primary N) is 1. The number of nitrogens with one attached hydrogen (secondary N) is 1. The monoisotopic (exact) mass is 574 g/mol. The number of hydrogen-bond donors (Lipinski definition) is 2. The zero-order chi connectivity index (χ0) is 29.0. The van der Waals surface area contributed by atoms with Gasteiger partial charge in [-0.25, -0.2) is 15.1 Å². The van der Waals surface area contributed by atoms with Crippen LogP contribution in [0.5, 0.6) is 0 Å². The van der Waals surface area contributed by atoms with Gasteiger partial charge in [0.2, 0.25) is 0 Å². The van der Waals surface area contributed by atoms with Gasteiger partial charge in [0.25, 0.3) is 11.1 Å². The predicted molar refractivity (Wildman–Crippen MR) is 133 cm³/mol. The lowest BCUT2D eigenvalue weighted by Crippen LogP contribution is -2.24. The predicted octanol–water partition coefficient (Wildman–Crippen LogP) is 5.69. The van der Waals surface area contributed by atoms with E-state index in [9.17, 15) is 35.9 Å². The van der Waals surface area contributed by atoms with Crippen molar-refractivity contribution < 1.29 is 26.3 Å². The lowest BCUT2D eigenvalue weighted by molar-refractivity contribution is -0.138. The molecule has 0 aliphatic heterocycles. The topological polar surface area (TPSA) is 120 Å². The van der Waals surface area contributed by atoms with Gasteiger partial charge in [0.15, 0.2) is 5.82 Å². The van der Waals surface area contributed by atoms with Gasteiger partial charge in [0.05, 0.1) is 22.5 Å².